The lowest BCUT2D eigenvalue weighted by molar-refractivity contribution is 0.256. The van der Waals surface area contributed by atoms with Crippen molar-refractivity contribution in [3.63, 3.8) is 0 Å². The number of aliphatic imine (C=N–C) groups is 3. The predicted molar refractivity (Wildman–Crippen MR) is 78.7 cm³/mol. The Morgan fingerprint density at radius 1 is 1.42 bits per heavy atom. The molecule has 5 heteroatoms. The maximum atomic E-state index is 10.0. The SMILES string of the molecule is CCCC=NC(=NC)N1CCC(CCN=C=O)CC1. The molecule has 0 radical (unpaired) electrons. The summed E-state index contributed by atoms with van der Waals surface area (Å²) < 4.78 is 0. The molecule has 1 aliphatic heterocycles. The van der Waals surface area contributed by atoms with Gasteiger partial charge in [-0.05, 0) is 31.6 Å². The van der Waals surface area contributed by atoms with Crippen molar-refractivity contribution in [3.8, 4) is 0 Å². The van der Waals surface area contributed by atoms with Crippen LogP contribution in [0.4, 0.5) is 0 Å². The average Bonchev–Trinajstić information content (AvgIpc) is 2.45. The van der Waals surface area contributed by atoms with Crippen molar-refractivity contribution in [3.05, 3.63) is 0 Å². The highest BCUT2D eigenvalue weighted by Crippen LogP contribution is 2.20. The lowest BCUT2D eigenvalue weighted by Gasteiger charge is -2.32. The van der Waals surface area contributed by atoms with Crippen LogP contribution in [0.2, 0.25) is 0 Å². The summed E-state index contributed by atoms with van der Waals surface area (Å²) in [4.78, 5) is 24.6. The Morgan fingerprint density at radius 2 is 2.16 bits per heavy atom. The fourth-order valence-electron chi connectivity index (χ4n) is 2.27. The average molecular weight is 264 g/mol. The van der Waals surface area contributed by atoms with E-state index in [1.165, 1.54) is 0 Å². The highest BCUT2D eigenvalue weighted by atomic mass is 16.1. The highest BCUT2D eigenvalue weighted by molar-refractivity contribution is 5.87. The van der Waals surface area contributed by atoms with Crippen LogP contribution in [0.15, 0.2) is 15.0 Å². The third-order valence-electron chi connectivity index (χ3n) is 3.44. The van der Waals surface area contributed by atoms with Crippen LogP contribution in [0.1, 0.15) is 39.0 Å². The van der Waals surface area contributed by atoms with Crippen molar-refractivity contribution < 1.29 is 4.79 Å². The number of guanidine groups is 1. The summed E-state index contributed by atoms with van der Waals surface area (Å²) in [7, 11) is 1.80. The van der Waals surface area contributed by atoms with Crippen molar-refractivity contribution in [2.45, 2.75) is 39.0 Å². The summed E-state index contributed by atoms with van der Waals surface area (Å²) in [5, 5.41) is 0. The van der Waals surface area contributed by atoms with Gasteiger partial charge in [0.05, 0.1) is 6.54 Å². The van der Waals surface area contributed by atoms with Crippen LogP contribution in [0.25, 0.3) is 0 Å². The third kappa shape index (κ3) is 5.79. The number of hydrogen-bond acceptors (Lipinski definition) is 3. The molecule has 0 spiro atoms. The molecule has 0 amide bonds. The topological polar surface area (TPSA) is 57.4 Å². The van der Waals surface area contributed by atoms with E-state index in [2.05, 4.69) is 26.8 Å². The molecule has 0 aromatic heterocycles. The van der Waals surface area contributed by atoms with Crippen molar-refractivity contribution in [1.29, 1.82) is 0 Å². The zero-order valence-corrected chi connectivity index (χ0v) is 12.0. The second-order valence-electron chi connectivity index (χ2n) is 4.82. The smallest absolute Gasteiger partial charge is 0.234 e. The second-order valence-corrected chi connectivity index (χ2v) is 4.82. The van der Waals surface area contributed by atoms with E-state index in [4.69, 9.17) is 0 Å². The number of rotatable bonds is 5. The molecule has 1 fully saturated rings. The van der Waals surface area contributed by atoms with Crippen LogP contribution in [0.3, 0.4) is 0 Å². The molecular formula is C14H24N4O. The number of piperidine rings is 1. The lowest BCUT2D eigenvalue weighted by Crippen LogP contribution is -2.37. The van der Waals surface area contributed by atoms with Crippen LogP contribution >= 0.6 is 0 Å². The van der Waals surface area contributed by atoms with Gasteiger partial charge in [-0.3, -0.25) is 4.99 Å². The Kier molecular flexibility index (Phi) is 7.75. The molecule has 0 aromatic carbocycles. The summed E-state index contributed by atoms with van der Waals surface area (Å²) in [5.74, 6) is 1.50. The second kappa shape index (κ2) is 9.45. The highest BCUT2D eigenvalue weighted by Gasteiger charge is 2.20. The molecule has 0 atom stereocenters. The summed E-state index contributed by atoms with van der Waals surface area (Å²) in [6.45, 7) is 4.73. The zero-order chi connectivity index (χ0) is 13.9. The third-order valence-corrected chi connectivity index (χ3v) is 3.44. The molecule has 0 N–H and O–H groups in total. The molecule has 0 unspecified atom stereocenters. The Labute approximate surface area is 115 Å². The first-order valence-corrected chi connectivity index (χ1v) is 7.09. The molecule has 0 aliphatic carbocycles. The molecule has 1 aliphatic rings. The van der Waals surface area contributed by atoms with Crippen LogP contribution in [0, 0.1) is 5.92 Å². The lowest BCUT2D eigenvalue weighted by atomic mass is 9.94. The summed E-state index contributed by atoms with van der Waals surface area (Å²) in [6.07, 6.45) is 8.89. The molecule has 106 valence electrons. The minimum absolute atomic E-state index is 0.609. The Balaban J connectivity index is 2.37. The predicted octanol–water partition coefficient (Wildman–Crippen LogP) is 2.28. The van der Waals surface area contributed by atoms with E-state index in [9.17, 15) is 4.79 Å². The standard InChI is InChI=1S/C14H24N4O/c1-3-4-8-17-14(15-2)18-10-6-13(7-11-18)5-9-16-12-19/h8,13H,3-7,9-11H2,1-2H3. The largest absolute Gasteiger partial charge is 0.341 e. The van der Waals surface area contributed by atoms with E-state index in [1.807, 2.05) is 6.21 Å². The first kappa shape index (κ1) is 15.6. The van der Waals surface area contributed by atoms with Crippen molar-refractivity contribution >= 4 is 18.3 Å². The van der Waals surface area contributed by atoms with Gasteiger partial charge >= 0.3 is 0 Å². The molecule has 0 saturated carbocycles. The Hall–Kier alpha value is -1.48. The van der Waals surface area contributed by atoms with Crippen molar-refractivity contribution in [1.82, 2.24) is 4.90 Å². The van der Waals surface area contributed by atoms with E-state index in [0.717, 1.165) is 51.2 Å². The van der Waals surface area contributed by atoms with E-state index < -0.39 is 0 Å². The van der Waals surface area contributed by atoms with E-state index >= 15 is 0 Å². The normalized spacial score (nSPS) is 17.8. The minimum atomic E-state index is 0.609. The van der Waals surface area contributed by atoms with Gasteiger partial charge in [-0.25, -0.2) is 14.8 Å². The fraction of sp³-hybridized carbons (Fsp3) is 0.786. The molecule has 0 bridgehead atoms. The van der Waals surface area contributed by atoms with Gasteiger partial charge in [0.2, 0.25) is 12.0 Å². The molecule has 0 aromatic rings. The van der Waals surface area contributed by atoms with E-state index in [1.54, 1.807) is 13.1 Å². The van der Waals surface area contributed by atoms with E-state index in [-0.39, 0.29) is 0 Å². The van der Waals surface area contributed by atoms with Gasteiger partial charge in [0.15, 0.2) is 0 Å². The van der Waals surface area contributed by atoms with Gasteiger partial charge in [-0.1, -0.05) is 13.3 Å². The summed E-state index contributed by atoms with van der Waals surface area (Å²) in [6, 6.07) is 0. The first-order valence-electron chi connectivity index (χ1n) is 7.09. The van der Waals surface area contributed by atoms with Gasteiger partial charge in [0.1, 0.15) is 0 Å². The van der Waals surface area contributed by atoms with Crippen molar-refractivity contribution in [2.24, 2.45) is 20.9 Å². The maximum absolute atomic E-state index is 10.0. The van der Waals surface area contributed by atoms with Crippen LogP contribution in [-0.2, 0) is 4.79 Å². The maximum Gasteiger partial charge on any atom is 0.234 e. The molecule has 5 nitrogen and oxygen atoms in total. The van der Waals surface area contributed by atoms with Gasteiger partial charge < -0.3 is 4.90 Å². The van der Waals surface area contributed by atoms with E-state index in [0.29, 0.717) is 12.5 Å². The zero-order valence-electron chi connectivity index (χ0n) is 12.0. The summed E-state index contributed by atoms with van der Waals surface area (Å²) >= 11 is 0. The van der Waals surface area contributed by atoms with Crippen LogP contribution < -0.4 is 0 Å². The van der Waals surface area contributed by atoms with Crippen LogP contribution in [-0.4, -0.2) is 49.8 Å². The molecule has 1 heterocycles. The fourth-order valence-corrected chi connectivity index (χ4v) is 2.27. The number of likely N-dealkylation sites (tertiary alicyclic amines) is 1. The Morgan fingerprint density at radius 3 is 2.74 bits per heavy atom. The molecule has 1 saturated heterocycles. The first-order chi connectivity index (χ1) is 9.31. The Bertz CT molecular complexity index is 350. The van der Waals surface area contributed by atoms with Gasteiger partial charge in [-0.2, -0.15) is 0 Å². The molecule has 1 rings (SSSR count). The number of carbonyl (C=O) groups excluding carboxylic acids is 1. The van der Waals surface area contributed by atoms with Gasteiger partial charge in [-0.15, -0.1) is 0 Å². The molecular weight excluding hydrogens is 240 g/mol. The van der Waals surface area contributed by atoms with Crippen molar-refractivity contribution in [2.75, 3.05) is 26.7 Å². The van der Waals surface area contributed by atoms with Crippen LogP contribution in [0.5, 0.6) is 0 Å². The molecule has 19 heavy (non-hydrogen) atoms. The quantitative estimate of drug-likeness (QED) is 0.434. The van der Waals surface area contributed by atoms with Gasteiger partial charge in [0.25, 0.3) is 0 Å². The monoisotopic (exact) mass is 264 g/mol. The van der Waals surface area contributed by atoms with Gasteiger partial charge in [0, 0.05) is 26.4 Å². The number of nitrogens with zero attached hydrogens (tertiary/aromatic N) is 4. The number of hydrogen-bond donors (Lipinski definition) is 0. The number of isocyanates is 1. The summed E-state index contributed by atoms with van der Waals surface area (Å²) in [5.41, 5.74) is 0. The number of unbranched alkanes of at least 4 members (excludes halogenated alkanes) is 1. The minimum Gasteiger partial charge on any atom is -0.341 e.